The predicted octanol–water partition coefficient (Wildman–Crippen LogP) is -1.43. The van der Waals surface area contributed by atoms with E-state index in [9.17, 15) is 23.7 Å². The summed E-state index contributed by atoms with van der Waals surface area (Å²) in [5.41, 5.74) is 5.59. The van der Waals surface area contributed by atoms with Crippen molar-refractivity contribution in [2.75, 3.05) is 12.7 Å². The summed E-state index contributed by atoms with van der Waals surface area (Å²) < 4.78 is 10.7. The molecule has 0 radical (unpaired) electrons. The number of ketones is 1. The van der Waals surface area contributed by atoms with E-state index in [0.29, 0.717) is 0 Å². The van der Waals surface area contributed by atoms with Crippen molar-refractivity contribution >= 4 is 31.2 Å². The van der Waals surface area contributed by atoms with Gasteiger partial charge in [0.2, 0.25) is 11.8 Å². The van der Waals surface area contributed by atoms with Crippen molar-refractivity contribution in [1.29, 1.82) is 0 Å². The van der Waals surface area contributed by atoms with Crippen LogP contribution in [0.2, 0.25) is 0 Å². The molecule has 0 aromatic carbocycles. The van der Waals surface area contributed by atoms with Gasteiger partial charge in [0.15, 0.2) is 5.78 Å². The first-order valence-electron chi connectivity index (χ1n) is 7.93. The third-order valence-corrected chi connectivity index (χ3v) is 3.95. The average Bonchev–Trinajstić information content (AvgIpc) is 2.47. The number of carbonyl (C=O) groups excluding carboxylic acids is 3. The first kappa shape index (κ1) is 24.2. The van der Waals surface area contributed by atoms with Crippen LogP contribution in [0.25, 0.3) is 0 Å². The molecule has 0 heterocycles. The fraction of sp³-hybridized carbons (Fsp3) is 0.714. The molecule has 150 valence electrons. The van der Waals surface area contributed by atoms with Crippen molar-refractivity contribution in [1.82, 2.24) is 10.6 Å². The molecule has 0 saturated carbocycles. The van der Waals surface area contributed by atoms with Gasteiger partial charge < -0.3 is 31.3 Å². The second kappa shape index (κ2) is 11.0. The van der Waals surface area contributed by atoms with Gasteiger partial charge in [-0.25, -0.2) is 0 Å². The number of carbonyl (C=O) groups is 4. The zero-order valence-electron chi connectivity index (χ0n) is 14.7. The minimum atomic E-state index is -4.51. The molecule has 0 aliphatic heterocycles. The lowest BCUT2D eigenvalue weighted by atomic mass is 10.0. The molecule has 0 bridgehead atoms. The summed E-state index contributed by atoms with van der Waals surface area (Å²) in [5.74, 6) is -3.34. The summed E-state index contributed by atoms with van der Waals surface area (Å²) >= 11 is 0. The molecular weight excluding hydrogens is 369 g/mol. The average molecular weight is 395 g/mol. The summed E-state index contributed by atoms with van der Waals surface area (Å²) in [5, 5.41) is 13.2. The molecule has 12 heteroatoms. The molecular formula is C14H26N3O8P. The zero-order chi connectivity index (χ0) is 20.5. The highest BCUT2D eigenvalue weighted by molar-refractivity contribution is 7.52. The number of carboxylic acids is 1. The van der Waals surface area contributed by atoms with Crippen LogP contribution in [0.4, 0.5) is 0 Å². The summed E-state index contributed by atoms with van der Waals surface area (Å²) in [6.07, 6.45) is -1.16. The number of hydrogen-bond acceptors (Lipinski definition) is 6. The molecule has 2 amide bonds. The highest BCUT2D eigenvalue weighted by Gasteiger charge is 2.26. The number of amides is 2. The van der Waals surface area contributed by atoms with Crippen LogP contribution in [0.15, 0.2) is 0 Å². The fourth-order valence-electron chi connectivity index (χ4n) is 1.99. The maximum Gasteiger partial charge on any atom is 0.333 e. The van der Waals surface area contributed by atoms with Crippen molar-refractivity contribution in [3.05, 3.63) is 0 Å². The maximum absolute atomic E-state index is 12.2. The van der Waals surface area contributed by atoms with E-state index in [1.54, 1.807) is 13.8 Å². The Bertz CT molecular complexity index is 575. The summed E-state index contributed by atoms with van der Waals surface area (Å²) in [6, 6.07) is -2.12. The van der Waals surface area contributed by atoms with E-state index in [4.69, 9.17) is 20.6 Å². The van der Waals surface area contributed by atoms with Gasteiger partial charge in [-0.05, 0) is 18.8 Å². The Balaban J connectivity index is 4.73. The van der Waals surface area contributed by atoms with Gasteiger partial charge in [-0.15, -0.1) is 0 Å². The van der Waals surface area contributed by atoms with E-state index in [1.807, 2.05) is 0 Å². The van der Waals surface area contributed by atoms with Crippen LogP contribution in [0.3, 0.4) is 0 Å². The number of Topliss-reactive ketones (excluding diaryl/α,β-unsaturated/α-hetero) is 1. The molecule has 0 rings (SSSR count). The van der Waals surface area contributed by atoms with Crippen LogP contribution in [-0.4, -0.2) is 63.3 Å². The molecule has 0 spiro atoms. The first-order valence-corrected chi connectivity index (χ1v) is 9.73. The van der Waals surface area contributed by atoms with Gasteiger partial charge in [-0.1, -0.05) is 13.8 Å². The standard InChI is InChI=1S/C14H26N3O8P/c1-8(2)5-11(17-13(21)10(15)3-4-12(19)20)14(22)16-6-9(18)7-26(23,24)25/h8,10-11H,3-7,15H2,1-2H3,(H,16,22)(H,17,21)(H,19,20)(H2,23,24,25)/t10-,11-/m0/s1. The van der Waals surface area contributed by atoms with Crippen molar-refractivity contribution in [2.24, 2.45) is 11.7 Å². The van der Waals surface area contributed by atoms with Crippen LogP contribution in [-0.2, 0) is 23.7 Å². The number of rotatable bonds is 12. The molecule has 0 aromatic heterocycles. The second-order valence-corrected chi connectivity index (χ2v) is 7.95. The molecule has 0 saturated heterocycles. The Morgan fingerprint density at radius 1 is 1.12 bits per heavy atom. The molecule has 0 aliphatic carbocycles. The van der Waals surface area contributed by atoms with Crippen molar-refractivity contribution in [3.63, 3.8) is 0 Å². The SMILES string of the molecule is CC(C)C[C@H](NC(=O)[C@@H](N)CCC(=O)O)C(=O)NCC(=O)CP(=O)(O)O. The Morgan fingerprint density at radius 3 is 2.15 bits per heavy atom. The van der Waals surface area contributed by atoms with Crippen LogP contribution < -0.4 is 16.4 Å². The van der Waals surface area contributed by atoms with Crippen LogP contribution >= 0.6 is 7.60 Å². The molecule has 0 aliphatic rings. The molecule has 0 unspecified atom stereocenters. The second-order valence-electron chi connectivity index (χ2n) is 6.31. The largest absolute Gasteiger partial charge is 0.481 e. The van der Waals surface area contributed by atoms with E-state index in [1.165, 1.54) is 0 Å². The molecule has 26 heavy (non-hydrogen) atoms. The van der Waals surface area contributed by atoms with Gasteiger partial charge in [0, 0.05) is 6.42 Å². The minimum absolute atomic E-state index is 0.00657. The quantitative estimate of drug-likeness (QED) is 0.215. The van der Waals surface area contributed by atoms with E-state index in [-0.39, 0.29) is 25.2 Å². The van der Waals surface area contributed by atoms with Crippen molar-refractivity contribution in [2.45, 2.75) is 45.2 Å². The van der Waals surface area contributed by atoms with Crippen LogP contribution in [0.5, 0.6) is 0 Å². The maximum atomic E-state index is 12.2. The van der Waals surface area contributed by atoms with E-state index >= 15 is 0 Å². The highest BCUT2D eigenvalue weighted by Crippen LogP contribution is 2.33. The lowest BCUT2D eigenvalue weighted by Gasteiger charge is -2.22. The number of nitrogens with two attached hydrogens (primary N) is 1. The van der Waals surface area contributed by atoms with E-state index < -0.39 is 56.0 Å². The van der Waals surface area contributed by atoms with Gasteiger partial charge in [-0.3, -0.25) is 23.7 Å². The molecule has 0 aromatic rings. The number of nitrogens with one attached hydrogen (secondary N) is 2. The lowest BCUT2D eigenvalue weighted by Crippen LogP contribution is -2.52. The first-order chi connectivity index (χ1) is 11.8. The van der Waals surface area contributed by atoms with Crippen molar-refractivity contribution in [3.8, 4) is 0 Å². The predicted molar refractivity (Wildman–Crippen MR) is 91.2 cm³/mol. The Kier molecular flexibility index (Phi) is 10.3. The Labute approximate surface area is 150 Å². The molecule has 2 atom stereocenters. The summed E-state index contributed by atoms with van der Waals surface area (Å²) in [4.78, 5) is 63.5. The number of aliphatic carboxylic acids is 1. The molecule has 0 fully saturated rings. The number of hydrogen-bond donors (Lipinski definition) is 6. The molecule has 11 nitrogen and oxygen atoms in total. The van der Waals surface area contributed by atoms with Gasteiger partial charge in [0.25, 0.3) is 0 Å². The summed E-state index contributed by atoms with van der Waals surface area (Å²) in [6.45, 7) is 3.02. The Morgan fingerprint density at radius 2 is 1.69 bits per heavy atom. The Hall–Kier alpha value is -1.81. The van der Waals surface area contributed by atoms with E-state index in [0.717, 1.165) is 0 Å². The van der Waals surface area contributed by atoms with Crippen LogP contribution in [0, 0.1) is 5.92 Å². The van der Waals surface area contributed by atoms with Gasteiger partial charge in [0.05, 0.1) is 12.6 Å². The number of carboxylic acid groups (broad SMARTS) is 1. The van der Waals surface area contributed by atoms with Gasteiger partial charge >= 0.3 is 13.6 Å². The summed E-state index contributed by atoms with van der Waals surface area (Å²) in [7, 11) is -4.51. The van der Waals surface area contributed by atoms with Crippen molar-refractivity contribution < 1.29 is 38.6 Å². The van der Waals surface area contributed by atoms with E-state index in [2.05, 4.69) is 10.6 Å². The normalized spacial score (nSPS) is 13.8. The smallest absolute Gasteiger partial charge is 0.333 e. The monoisotopic (exact) mass is 395 g/mol. The fourth-order valence-corrected chi connectivity index (χ4v) is 2.56. The molecule has 7 N–H and O–H groups in total. The third-order valence-electron chi connectivity index (χ3n) is 3.19. The zero-order valence-corrected chi connectivity index (χ0v) is 15.6. The van der Waals surface area contributed by atoms with Gasteiger partial charge in [-0.2, -0.15) is 0 Å². The lowest BCUT2D eigenvalue weighted by molar-refractivity contribution is -0.137. The van der Waals surface area contributed by atoms with Crippen LogP contribution in [0.1, 0.15) is 33.1 Å². The minimum Gasteiger partial charge on any atom is -0.481 e. The third kappa shape index (κ3) is 11.7. The topological polar surface area (TPSA) is 196 Å². The highest BCUT2D eigenvalue weighted by atomic mass is 31.2. The van der Waals surface area contributed by atoms with Gasteiger partial charge in [0.1, 0.15) is 12.2 Å².